The van der Waals surface area contributed by atoms with Gasteiger partial charge in [0.05, 0.1) is 33.6 Å². The molecule has 3 aliphatic rings. The second-order valence-corrected chi connectivity index (χ2v) is 22.6. The van der Waals surface area contributed by atoms with Crippen LogP contribution in [0.4, 0.5) is 38.9 Å². The quantitative estimate of drug-likeness (QED) is 0.225. The Morgan fingerprint density at radius 1 is 0.426 bits per heavy atom. The lowest BCUT2D eigenvalue weighted by molar-refractivity contribution is 0.00578. The molecule has 0 bridgehead atoms. The van der Waals surface area contributed by atoms with Crippen LogP contribution in [-0.2, 0) is 27.9 Å². The first-order valence-electron chi connectivity index (χ1n) is 16.6. The summed E-state index contributed by atoms with van der Waals surface area (Å²) < 4.78 is 162. The first kappa shape index (κ1) is 47.3. The Morgan fingerprint density at radius 2 is 0.704 bits per heavy atom. The van der Waals surface area contributed by atoms with E-state index < -0.39 is 62.6 Å². The molecule has 0 N–H and O–H groups in total. The van der Waals surface area contributed by atoms with Crippen molar-refractivity contribution in [1.29, 1.82) is 0 Å². The highest BCUT2D eigenvalue weighted by atomic mass is 79.9. The third-order valence-corrected chi connectivity index (χ3v) is 13.0. The molecule has 22 heteroatoms. The van der Waals surface area contributed by atoms with Gasteiger partial charge in [-0.25, -0.2) is 0 Å². The smallest absolute Gasteiger partial charge is 0.405 e. The molecule has 310 valence electrons. The highest BCUT2D eigenvalue weighted by Crippen LogP contribution is 3.02. The lowest BCUT2D eigenvalue weighted by Crippen LogP contribution is -2.41. The van der Waals surface area contributed by atoms with E-state index in [2.05, 4.69) is 15.9 Å². The number of hydrogen-bond acceptors (Lipinski definition) is 6. The minimum absolute atomic E-state index is 0.0132. The van der Waals surface area contributed by atoms with Crippen molar-refractivity contribution in [1.82, 2.24) is 0 Å². The summed E-state index contributed by atoms with van der Waals surface area (Å²) in [5.74, 6) is 0. The van der Waals surface area contributed by atoms with Gasteiger partial charge in [0.15, 0.2) is 0 Å². The SMILES string of the molecule is CC1(C)OB(B2OC(C)(C)C(C)(C)O2)OC1(C)C.Cc1cc(B2OC(C)(C)C(C)(C)O2)cc(S(F)(F)(F)(F)F)c1.Cc1cc(Br)cc(S(F)(F)(F)(F)F)c1. The molecule has 0 atom stereocenters. The summed E-state index contributed by atoms with van der Waals surface area (Å²) in [4.78, 5) is -3.79. The fourth-order valence-corrected chi connectivity index (χ4v) is 7.32. The zero-order valence-corrected chi connectivity index (χ0v) is 35.8. The van der Waals surface area contributed by atoms with E-state index in [-0.39, 0.29) is 43.5 Å². The summed E-state index contributed by atoms with van der Waals surface area (Å²) in [6.45, 7) is 25.8. The molecule has 3 heterocycles. The molecule has 0 amide bonds. The van der Waals surface area contributed by atoms with Gasteiger partial charge in [-0.05, 0) is 138 Å². The van der Waals surface area contributed by atoms with E-state index in [1.807, 2.05) is 55.4 Å². The van der Waals surface area contributed by atoms with Gasteiger partial charge in [-0.15, -0.1) is 0 Å². The fraction of sp³-hybridized carbons (Fsp3) is 0.625. The molecule has 6 nitrogen and oxygen atoms in total. The second kappa shape index (κ2) is 12.4. The van der Waals surface area contributed by atoms with Crippen molar-refractivity contribution in [2.24, 2.45) is 0 Å². The van der Waals surface area contributed by atoms with Crippen molar-refractivity contribution in [2.75, 3.05) is 0 Å². The number of halogens is 11. The Morgan fingerprint density at radius 3 is 1.00 bits per heavy atom. The highest BCUT2D eigenvalue weighted by molar-refractivity contribution is 9.10. The minimum atomic E-state index is -9.74. The van der Waals surface area contributed by atoms with Crippen LogP contribution < -0.4 is 5.46 Å². The van der Waals surface area contributed by atoms with Crippen LogP contribution in [0.2, 0.25) is 0 Å². The Labute approximate surface area is 321 Å². The van der Waals surface area contributed by atoms with Gasteiger partial charge in [0.25, 0.3) is 0 Å². The molecule has 0 unspecified atom stereocenters. The van der Waals surface area contributed by atoms with Gasteiger partial charge in [-0.3, -0.25) is 0 Å². The van der Waals surface area contributed by atoms with E-state index in [9.17, 15) is 38.9 Å². The van der Waals surface area contributed by atoms with Crippen molar-refractivity contribution >= 4 is 63.0 Å². The average Bonchev–Trinajstić information content (AvgIpc) is 3.35. The van der Waals surface area contributed by atoms with Gasteiger partial charge in [0.2, 0.25) is 0 Å². The molecule has 3 aliphatic heterocycles. The first-order valence-corrected chi connectivity index (χ1v) is 21.3. The van der Waals surface area contributed by atoms with Crippen LogP contribution >= 0.6 is 36.4 Å². The molecule has 0 spiro atoms. The Kier molecular flexibility index (Phi) is 10.9. The van der Waals surface area contributed by atoms with Gasteiger partial charge in [0.1, 0.15) is 9.79 Å². The van der Waals surface area contributed by atoms with Crippen LogP contribution in [0.25, 0.3) is 0 Å². The largest absolute Gasteiger partial charge is 0.494 e. The summed E-state index contributed by atoms with van der Waals surface area (Å²) in [6, 6.07) is 4.36. The predicted octanol–water partition coefficient (Wildman–Crippen LogP) is 12.6. The maximum absolute atomic E-state index is 13.0. The standard InChI is InChI=1S/C13H18BF5O2S.C12H24B2O4.C7H6BrF5S/c1-9-6-10(8-11(7-9)22(15,16,17,18)19)14-20-12(2,3)13(4,5)21-14;1-9(2)10(3,4)16-13(15-9)14-17-11(5,6)12(7,8)18-14;1-5-2-6(8)4-7(3-5)14(9,10,11,12)13/h6-8H,1-5H3;1-8H3;2-4H,1H3. The third kappa shape index (κ3) is 10.9. The average molecular weight is 895 g/mol. The van der Waals surface area contributed by atoms with Crippen LogP contribution in [0.1, 0.15) is 94.2 Å². The van der Waals surface area contributed by atoms with Gasteiger partial charge in [0, 0.05) is 4.47 Å². The highest BCUT2D eigenvalue weighted by Gasteiger charge is 2.67. The van der Waals surface area contributed by atoms with Crippen LogP contribution in [0.15, 0.2) is 50.7 Å². The number of benzene rings is 2. The molecule has 0 aliphatic carbocycles. The number of hydrogen-bond donors (Lipinski definition) is 0. The molecule has 0 radical (unpaired) electrons. The zero-order chi connectivity index (χ0) is 42.5. The molecule has 5 rings (SSSR count). The monoisotopic (exact) mass is 894 g/mol. The zero-order valence-electron chi connectivity index (χ0n) is 32.6. The van der Waals surface area contributed by atoms with E-state index in [1.165, 1.54) is 26.0 Å². The summed E-state index contributed by atoms with van der Waals surface area (Å²) >= 11 is 2.74. The Bertz CT molecular complexity index is 1680. The fourth-order valence-electron chi connectivity index (χ4n) is 5.04. The van der Waals surface area contributed by atoms with Crippen LogP contribution in [0, 0.1) is 13.8 Å². The van der Waals surface area contributed by atoms with E-state index >= 15 is 0 Å². The van der Waals surface area contributed by atoms with Crippen molar-refractivity contribution in [3.05, 3.63) is 52.0 Å². The summed E-state index contributed by atoms with van der Waals surface area (Å²) in [5, 5.41) is 0. The summed E-state index contributed by atoms with van der Waals surface area (Å²) in [7, 11) is -21.3. The summed E-state index contributed by atoms with van der Waals surface area (Å²) in [6.07, 6.45) is 0. The topological polar surface area (TPSA) is 55.4 Å². The third-order valence-electron chi connectivity index (χ3n) is 10.3. The van der Waals surface area contributed by atoms with Gasteiger partial charge >= 0.3 is 41.6 Å². The molecular formula is C32H48B3BrF10O6S2. The Hall–Kier alpha value is -1.13. The molecule has 3 fully saturated rings. The summed E-state index contributed by atoms with van der Waals surface area (Å²) in [5.41, 5.74) is -2.85. The maximum atomic E-state index is 13.0. The van der Waals surface area contributed by atoms with Crippen LogP contribution in [0.3, 0.4) is 0 Å². The van der Waals surface area contributed by atoms with Gasteiger partial charge in [-0.2, -0.15) is 0 Å². The van der Waals surface area contributed by atoms with E-state index in [0.29, 0.717) is 24.3 Å². The van der Waals surface area contributed by atoms with Crippen molar-refractivity contribution in [2.45, 2.75) is 140 Å². The molecule has 0 saturated carbocycles. The maximum Gasteiger partial charge on any atom is 0.494 e. The minimum Gasteiger partial charge on any atom is -0.405 e. The van der Waals surface area contributed by atoms with E-state index in [1.54, 1.807) is 27.7 Å². The van der Waals surface area contributed by atoms with Crippen LogP contribution in [-0.4, -0.2) is 54.7 Å². The Balaban J connectivity index is 0.000000224. The van der Waals surface area contributed by atoms with Crippen molar-refractivity contribution in [3.63, 3.8) is 0 Å². The molecule has 2 aromatic carbocycles. The lowest BCUT2D eigenvalue weighted by Gasteiger charge is -2.41. The lowest BCUT2D eigenvalue weighted by atomic mass is 9.49. The van der Waals surface area contributed by atoms with E-state index in [0.717, 1.165) is 0 Å². The molecule has 2 aromatic rings. The van der Waals surface area contributed by atoms with Crippen LogP contribution in [0.5, 0.6) is 0 Å². The first-order chi connectivity index (χ1) is 23.2. The number of aryl methyl sites for hydroxylation is 2. The second-order valence-electron chi connectivity index (χ2n) is 16.8. The van der Waals surface area contributed by atoms with Crippen molar-refractivity contribution in [3.8, 4) is 0 Å². The number of rotatable bonds is 4. The van der Waals surface area contributed by atoms with Gasteiger partial charge < -0.3 is 27.9 Å². The van der Waals surface area contributed by atoms with Gasteiger partial charge in [-0.1, -0.05) is 66.4 Å². The van der Waals surface area contributed by atoms with E-state index in [4.69, 9.17) is 27.9 Å². The normalized spacial score (nSPS) is 24.9. The predicted molar refractivity (Wildman–Crippen MR) is 201 cm³/mol. The molecule has 3 saturated heterocycles. The van der Waals surface area contributed by atoms with Crippen molar-refractivity contribution < 1.29 is 66.8 Å². The molecule has 54 heavy (non-hydrogen) atoms. The molecular weight excluding hydrogens is 847 g/mol. The molecule has 0 aromatic heterocycles.